The third kappa shape index (κ3) is 4.31. The fourth-order valence-electron chi connectivity index (χ4n) is 3.32. The third-order valence-corrected chi connectivity index (χ3v) is 5.12. The van der Waals surface area contributed by atoms with Crippen molar-refractivity contribution in [2.24, 2.45) is 5.92 Å². The molecule has 0 unspecified atom stereocenters. The Balaban J connectivity index is 1.52. The van der Waals surface area contributed by atoms with Gasteiger partial charge in [0.1, 0.15) is 5.69 Å². The second kappa shape index (κ2) is 8.17. The number of H-pyrrole nitrogens is 1. The van der Waals surface area contributed by atoms with Gasteiger partial charge in [0.25, 0.3) is 5.91 Å². The lowest BCUT2D eigenvalue weighted by atomic mass is 9.87. The molecule has 1 amide bonds. The van der Waals surface area contributed by atoms with Crippen LogP contribution < -0.4 is 0 Å². The zero-order valence-corrected chi connectivity index (χ0v) is 15.3. The van der Waals surface area contributed by atoms with Crippen molar-refractivity contribution in [1.29, 1.82) is 0 Å². The van der Waals surface area contributed by atoms with Gasteiger partial charge in [-0.3, -0.25) is 9.89 Å². The Kier molecular flexibility index (Phi) is 5.71. The van der Waals surface area contributed by atoms with Crippen molar-refractivity contribution < 1.29 is 14.3 Å². The molecule has 0 radical (unpaired) electrons. The summed E-state index contributed by atoms with van der Waals surface area (Å²) in [6.07, 6.45) is 4.30. The average Bonchev–Trinajstić information content (AvgIpc) is 3.17. The Bertz CT molecular complexity index is 749. The van der Waals surface area contributed by atoms with Crippen LogP contribution in [0.1, 0.15) is 43.1 Å². The highest BCUT2D eigenvalue weighted by Gasteiger charge is 2.25. The maximum atomic E-state index is 12.3. The van der Waals surface area contributed by atoms with E-state index in [-0.39, 0.29) is 24.2 Å². The van der Waals surface area contributed by atoms with Crippen molar-refractivity contribution in [2.75, 3.05) is 13.7 Å². The van der Waals surface area contributed by atoms with E-state index in [2.05, 4.69) is 17.1 Å². The van der Waals surface area contributed by atoms with Gasteiger partial charge in [0.2, 0.25) is 0 Å². The Hall–Kier alpha value is -2.63. The normalized spacial score (nSPS) is 19.8. The summed E-state index contributed by atoms with van der Waals surface area (Å²) in [6, 6.07) is 11.4. The van der Waals surface area contributed by atoms with Gasteiger partial charge in [0, 0.05) is 18.7 Å². The van der Waals surface area contributed by atoms with E-state index in [9.17, 15) is 9.59 Å². The summed E-state index contributed by atoms with van der Waals surface area (Å²) >= 11 is 0. The molecule has 0 atom stereocenters. The fraction of sp³-hybridized carbons (Fsp3) is 0.450. The zero-order valence-electron chi connectivity index (χ0n) is 15.3. The quantitative estimate of drug-likeness (QED) is 0.835. The second-order valence-electron chi connectivity index (χ2n) is 7.03. The molecule has 1 N–H and O–H groups in total. The minimum absolute atomic E-state index is 0.166. The first-order chi connectivity index (χ1) is 12.5. The summed E-state index contributed by atoms with van der Waals surface area (Å²) in [4.78, 5) is 26.2. The topological polar surface area (TPSA) is 75.3 Å². The average molecular weight is 355 g/mol. The smallest absolute Gasteiger partial charge is 0.356 e. The number of amides is 1. The molecular weight excluding hydrogens is 330 g/mol. The Morgan fingerprint density at radius 3 is 2.58 bits per heavy atom. The number of carbonyl (C=O) groups excluding carboxylic acids is 2. The lowest BCUT2D eigenvalue weighted by Gasteiger charge is -2.33. The van der Waals surface area contributed by atoms with Crippen LogP contribution in [0.15, 0.2) is 36.4 Å². The number of carbonyl (C=O) groups is 2. The molecule has 6 nitrogen and oxygen atoms in total. The van der Waals surface area contributed by atoms with Gasteiger partial charge in [-0.05, 0) is 37.7 Å². The molecular formula is C20H25N3O3. The van der Waals surface area contributed by atoms with E-state index in [1.165, 1.54) is 0 Å². The van der Waals surface area contributed by atoms with Crippen LogP contribution in [0.4, 0.5) is 0 Å². The molecule has 1 aliphatic rings. The largest absolute Gasteiger partial charge is 0.451 e. The Labute approximate surface area is 153 Å². The summed E-state index contributed by atoms with van der Waals surface area (Å²) in [5.41, 5.74) is 1.81. The summed E-state index contributed by atoms with van der Waals surface area (Å²) < 4.78 is 5.17. The van der Waals surface area contributed by atoms with Gasteiger partial charge in [0.05, 0.1) is 5.69 Å². The first kappa shape index (κ1) is 18.2. The number of nitrogens with zero attached hydrogens (tertiary/aromatic N) is 2. The molecule has 6 heteroatoms. The summed E-state index contributed by atoms with van der Waals surface area (Å²) in [5.74, 6) is -0.00818. The second-order valence-corrected chi connectivity index (χ2v) is 7.03. The van der Waals surface area contributed by atoms with Crippen molar-refractivity contribution >= 4 is 11.9 Å². The molecule has 138 valence electrons. The lowest BCUT2D eigenvalue weighted by molar-refractivity contribution is -0.136. The van der Waals surface area contributed by atoms with Crippen LogP contribution >= 0.6 is 0 Å². The number of likely N-dealkylation sites (N-methyl/N-ethyl adjacent to an activating group) is 1. The van der Waals surface area contributed by atoms with Crippen LogP contribution in [-0.2, 0) is 9.53 Å². The van der Waals surface area contributed by atoms with Gasteiger partial charge >= 0.3 is 5.97 Å². The SMILES string of the molecule is CC1CCC(N(C)C(=O)COC(=O)c2cc(-c3ccccc3)n[nH]2)CC1. The van der Waals surface area contributed by atoms with E-state index in [0.29, 0.717) is 5.69 Å². The highest BCUT2D eigenvalue weighted by atomic mass is 16.5. The number of hydrogen-bond donors (Lipinski definition) is 1. The number of aromatic nitrogens is 2. The van der Waals surface area contributed by atoms with Gasteiger partial charge in [-0.2, -0.15) is 5.10 Å². The zero-order chi connectivity index (χ0) is 18.5. The molecule has 1 aromatic heterocycles. The minimum atomic E-state index is -0.571. The van der Waals surface area contributed by atoms with Crippen molar-refractivity contribution in [3.8, 4) is 11.3 Å². The number of benzene rings is 1. The maximum Gasteiger partial charge on any atom is 0.356 e. The molecule has 0 spiro atoms. The maximum absolute atomic E-state index is 12.3. The third-order valence-electron chi connectivity index (χ3n) is 5.12. The van der Waals surface area contributed by atoms with Crippen LogP contribution in [0.2, 0.25) is 0 Å². The van der Waals surface area contributed by atoms with Crippen molar-refractivity contribution in [3.05, 3.63) is 42.1 Å². The molecule has 1 saturated carbocycles. The molecule has 1 aliphatic carbocycles. The highest BCUT2D eigenvalue weighted by Crippen LogP contribution is 2.26. The van der Waals surface area contributed by atoms with Crippen molar-refractivity contribution in [2.45, 2.75) is 38.6 Å². The first-order valence-corrected chi connectivity index (χ1v) is 9.08. The molecule has 1 fully saturated rings. The number of rotatable bonds is 5. The Morgan fingerprint density at radius 2 is 1.88 bits per heavy atom. The van der Waals surface area contributed by atoms with E-state index >= 15 is 0 Å². The van der Waals surface area contributed by atoms with Crippen LogP contribution in [-0.4, -0.2) is 46.7 Å². The molecule has 0 bridgehead atoms. The molecule has 0 saturated heterocycles. The summed E-state index contributed by atoms with van der Waals surface area (Å²) in [7, 11) is 1.79. The van der Waals surface area contributed by atoms with Gasteiger partial charge < -0.3 is 9.64 Å². The lowest BCUT2D eigenvalue weighted by Crippen LogP contribution is -2.41. The van der Waals surface area contributed by atoms with Crippen LogP contribution in [0.25, 0.3) is 11.3 Å². The highest BCUT2D eigenvalue weighted by molar-refractivity contribution is 5.90. The van der Waals surface area contributed by atoms with Gasteiger partial charge in [0.15, 0.2) is 6.61 Å². The van der Waals surface area contributed by atoms with Crippen molar-refractivity contribution in [1.82, 2.24) is 15.1 Å². The number of esters is 1. The van der Waals surface area contributed by atoms with Gasteiger partial charge in [-0.15, -0.1) is 0 Å². The van der Waals surface area contributed by atoms with E-state index in [0.717, 1.165) is 37.2 Å². The van der Waals surface area contributed by atoms with E-state index in [1.54, 1.807) is 18.0 Å². The summed E-state index contributed by atoms with van der Waals surface area (Å²) in [6.45, 7) is 2.00. The number of ether oxygens (including phenoxy) is 1. The summed E-state index contributed by atoms with van der Waals surface area (Å²) in [5, 5.41) is 6.80. The van der Waals surface area contributed by atoms with E-state index in [1.807, 2.05) is 30.3 Å². The Morgan fingerprint density at radius 1 is 1.19 bits per heavy atom. The molecule has 0 aliphatic heterocycles. The first-order valence-electron chi connectivity index (χ1n) is 9.08. The molecule has 1 aromatic carbocycles. The van der Waals surface area contributed by atoms with Crippen LogP contribution in [0.3, 0.4) is 0 Å². The minimum Gasteiger partial charge on any atom is -0.451 e. The van der Waals surface area contributed by atoms with Crippen molar-refractivity contribution in [3.63, 3.8) is 0 Å². The van der Waals surface area contributed by atoms with Gasteiger partial charge in [-0.25, -0.2) is 4.79 Å². The number of nitrogens with one attached hydrogen (secondary N) is 1. The molecule has 26 heavy (non-hydrogen) atoms. The van der Waals surface area contributed by atoms with Crippen LogP contribution in [0.5, 0.6) is 0 Å². The standard InChI is InChI=1S/C20H25N3O3/c1-14-8-10-16(11-9-14)23(2)19(24)13-26-20(25)18-12-17(21-22-18)15-6-4-3-5-7-15/h3-7,12,14,16H,8-11,13H2,1-2H3,(H,21,22). The predicted molar refractivity (Wildman–Crippen MR) is 98.5 cm³/mol. The molecule has 3 rings (SSSR count). The predicted octanol–water partition coefficient (Wildman–Crippen LogP) is 3.27. The molecule has 1 heterocycles. The van der Waals surface area contributed by atoms with E-state index in [4.69, 9.17) is 4.74 Å². The number of aromatic amines is 1. The van der Waals surface area contributed by atoms with E-state index < -0.39 is 5.97 Å². The monoisotopic (exact) mass is 355 g/mol. The fourth-order valence-corrected chi connectivity index (χ4v) is 3.32. The number of hydrogen-bond acceptors (Lipinski definition) is 4. The van der Waals surface area contributed by atoms with Crippen LogP contribution in [0, 0.1) is 5.92 Å². The molecule has 2 aromatic rings. The van der Waals surface area contributed by atoms with Gasteiger partial charge in [-0.1, -0.05) is 37.3 Å².